The van der Waals surface area contributed by atoms with E-state index < -0.39 is 29.6 Å². The molecule has 0 spiro atoms. The third-order valence-corrected chi connectivity index (χ3v) is 5.30. The molecular weight excluding hydrogens is 466 g/mol. The first-order chi connectivity index (χ1) is 17.1. The molecule has 1 amide bonds. The Morgan fingerprint density at radius 1 is 1.00 bits per heavy atom. The van der Waals surface area contributed by atoms with Crippen molar-refractivity contribution in [2.24, 2.45) is 0 Å². The summed E-state index contributed by atoms with van der Waals surface area (Å²) in [6.45, 7) is 7.04. The summed E-state index contributed by atoms with van der Waals surface area (Å²) in [4.78, 5) is 27.7. The van der Waals surface area contributed by atoms with Gasteiger partial charge in [-0.1, -0.05) is 37.3 Å². The minimum absolute atomic E-state index is 0.0264. The predicted octanol–water partition coefficient (Wildman–Crippen LogP) is 4.47. The van der Waals surface area contributed by atoms with Crippen LogP contribution in [-0.4, -0.2) is 68.1 Å². The first-order valence-corrected chi connectivity index (χ1v) is 11.7. The number of rotatable bonds is 12. The van der Waals surface area contributed by atoms with Crippen LogP contribution in [-0.2, 0) is 30.2 Å². The number of amides is 1. The number of phenolic OH excluding ortho intramolecular Hbond substituents is 1. The third-order valence-electron chi connectivity index (χ3n) is 5.30. The average Bonchev–Trinajstić information content (AvgIpc) is 2.82. The van der Waals surface area contributed by atoms with Crippen LogP contribution in [0, 0.1) is 0 Å². The summed E-state index contributed by atoms with van der Waals surface area (Å²) < 4.78 is 26.8. The lowest BCUT2D eigenvalue weighted by atomic mass is 9.92. The molecule has 0 heterocycles. The van der Waals surface area contributed by atoms with Crippen LogP contribution in [0.4, 0.5) is 4.79 Å². The van der Waals surface area contributed by atoms with E-state index in [9.17, 15) is 14.7 Å². The largest absolute Gasteiger partial charge is 0.508 e. The molecule has 2 atom stereocenters. The fraction of sp³-hybridized carbons (Fsp3) is 0.481. The second kappa shape index (κ2) is 13.7. The second-order valence-corrected chi connectivity index (χ2v) is 9.27. The molecule has 2 aromatic rings. The third kappa shape index (κ3) is 8.73. The van der Waals surface area contributed by atoms with E-state index >= 15 is 0 Å². The Balaban J connectivity index is 2.29. The number of carbonyl (C=O) groups is 2. The van der Waals surface area contributed by atoms with E-state index in [1.165, 1.54) is 19.1 Å². The van der Waals surface area contributed by atoms with Gasteiger partial charge < -0.3 is 28.8 Å². The maximum Gasteiger partial charge on any atom is 0.412 e. The molecule has 0 aromatic heterocycles. The molecule has 1 unspecified atom stereocenters. The molecule has 198 valence electrons. The number of esters is 1. The van der Waals surface area contributed by atoms with Gasteiger partial charge in [0.25, 0.3) is 0 Å². The smallest absolute Gasteiger partial charge is 0.412 e. The molecule has 0 saturated heterocycles. The van der Waals surface area contributed by atoms with Crippen molar-refractivity contribution in [1.29, 1.82) is 0 Å². The van der Waals surface area contributed by atoms with E-state index in [-0.39, 0.29) is 25.9 Å². The first-order valence-electron chi connectivity index (χ1n) is 11.7. The Morgan fingerprint density at radius 2 is 1.67 bits per heavy atom. The van der Waals surface area contributed by atoms with Crippen LogP contribution in [0.5, 0.6) is 11.5 Å². The molecule has 9 heteroatoms. The first kappa shape index (κ1) is 28.9. The molecule has 0 aliphatic heterocycles. The van der Waals surface area contributed by atoms with Crippen molar-refractivity contribution < 1.29 is 38.4 Å². The van der Waals surface area contributed by atoms with Crippen molar-refractivity contribution in [3.05, 3.63) is 59.7 Å². The standard InChI is InChI=1S/C27H37NO8/c1-19(20-11-13-22(14-12-20)35-18-33-6)24(28(17-32-5)26(31)36-27(2,3)4)25(30)34-16-15-21-9-7-8-10-23(21)29/h7-14,19,24,29H,15-18H2,1-6H3/t19?,24-/m0/s1. The summed E-state index contributed by atoms with van der Waals surface area (Å²) >= 11 is 0. The van der Waals surface area contributed by atoms with Gasteiger partial charge in [-0.15, -0.1) is 0 Å². The van der Waals surface area contributed by atoms with Crippen molar-refractivity contribution in [3.8, 4) is 11.5 Å². The topological polar surface area (TPSA) is 104 Å². The number of phenols is 1. The van der Waals surface area contributed by atoms with Gasteiger partial charge in [0, 0.05) is 26.6 Å². The molecule has 0 bridgehead atoms. The average molecular weight is 504 g/mol. The van der Waals surface area contributed by atoms with Crippen molar-refractivity contribution in [2.75, 3.05) is 34.4 Å². The number of para-hydroxylation sites is 1. The minimum atomic E-state index is -1.03. The van der Waals surface area contributed by atoms with Crippen LogP contribution in [0.25, 0.3) is 0 Å². The van der Waals surface area contributed by atoms with Gasteiger partial charge in [-0.2, -0.15) is 0 Å². The van der Waals surface area contributed by atoms with Crippen LogP contribution in [0.15, 0.2) is 48.5 Å². The Morgan fingerprint density at radius 3 is 2.25 bits per heavy atom. The maximum absolute atomic E-state index is 13.4. The van der Waals surface area contributed by atoms with Gasteiger partial charge >= 0.3 is 12.1 Å². The highest BCUT2D eigenvalue weighted by Crippen LogP contribution is 2.28. The number of hydrogen-bond acceptors (Lipinski definition) is 8. The second-order valence-electron chi connectivity index (χ2n) is 9.27. The molecule has 2 aromatic carbocycles. The van der Waals surface area contributed by atoms with E-state index in [1.807, 2.05) is 19.1 Å². The number of nitrogens with zero attached hydrogens (tertiary/aromatic N) is 1. The number of benzene rings is 2. The molecule has 2 rings (SSSR count). The van der Waals surface area contributed by atoms with Crippen molar-refractivity contribution in [3.63, 3.8) is 0 Å². The SMILES string of the molecule is COCOc1ccc(C(C)[C@@H](C(=O)OCCc2ccccc2O)N(COC)C(=O)OC(C)(C)C)cc1. The fourth-order valence-electron chi connectivity index (χ4n) is 3.55. The van der Waals surface area contributed by atoms with Gasteiger partial charge in [0.15, 0.2) is 6.79 Å². The van der Waals surface area contributed by atoms with Crippen molar-refractivity contribution in [1.82, 2.24) is 4.90 Å². The Hall–Kier alpha value is -3.30. The summed E-state index contributed by atoms with van der Waals surface area (Å²) in [6, 6.07) is 13.0. The monoisotopic (exact) mass is 503 g/mol. The number of ether oxygens (including phenoxy) is 5. The highest BCUT2D eigenvalue weighted by atomic mass is 16.7. The molecule has 1 N–H and O–H groups in total. The summed E-state index contributed by atoms with van der Waals surface area (Å²) in [6.07, 6.45) is -0.374. The molecule has 0 saturated carbocycles. The van der Waals surface area contributed by atoms with Crippen LogP contribution in [0.1, 0.15) is 44.7 Å². The molecule has 0 radical (unpaired) electrons. The van der Waals surface area contributed by atoms with Crippen LogP contribution < -0.4 is 4.74 Å². The Labute approximate surface area is 212 Å². The summed E-state index contributed by atoms with van der Waals surface area (Å²) in [5.41, 5.74) is 0.667. The highest BCUT2D eigenvalue weighted by molar-refractivity contribution is 5.82. The van der Waals surface area contributed by atoms with E-state index in [2.05, 4.69) is 0 Å². The number of carbonyl (C=O) groups excluding carboxylic acids is 2. The number of hydrogen-bond donors (Lipinski definition) is 1. The zero-order valence-corrected chi connectivity index (χ0v) is 21.9. The molecule has 9 nitrogen and oxygen atoms in total. The Kier molecular flexibility index (Phi) is 11.0. The maximum atomic E-state index is 13.4. The van der Waals surface area contributed by atoms with Gasteiger partial charge in [-0.3, -0.25) is 4.90 Å². The van der Waals surface area contributed by atoms with Gasteiger partial charge in [-0.25, -0.2) is 9.59 Å². The van der Waals surface area contributed by atoms with Crippen LogP contribution in [0.2, 0.25) is 0 Å². The van der Waals surface area contributed by atoms with Gasteiger partial charge in [-0.05, 0) is 50.1 Å². The van der Waals surface area contributed by atoms with Gasteiger partial charge in [0.05, 0.1) is 6.61 Å². The lowest BCUT2D eigenvalue weighted by Crippen LogP contribution is -2.51. The zero-order valence-electron chi connectivity index (χ0n) is 21.9. The molecule has 0 aliphatic carbocycles. The Bertz CT molecular complexity index is 970. The van der Waals surface area contributed by atoms with E-state index in [0.29, 0.717) is 17.7 Å². The van der Waals surface area contributed by atoms with Crippen LogP contribution in [0.3, 0.4) is 0 Å². The summed E-state index contributed by atoms with van der Waals surface area (Å²) in [5.74, 6) is -0.346. The van der Waals surface area contributed by atoms with Crippen LogP contribution >= 0.6 is 0 Å². The lowest BCUT2D eigenvalue weighted by Gasteiger charge is -2.35. The summed E-state index contributed by atoms with van der Waals surface area (Å²) in [5, 5.41) is 9.99. The fourth-order valence-corrected chi connectivity index (χ4v) is 3.55. The minimum Gasteiger partial charge on any atom is -0.508 e. The molecule has 0 aliphatic rings. The molecule has 0 fully saturated rings. The van der Waals surface area contributed by atoms with Gasteiger partial charge in [0.2, 0.25) is 0 Å². The van der Waals surface area contributed by atoms with E-state index in [0.717, 1.165) is 5.56 Å². The zero-order chi connectivity index (χ0) is 26.7. The summed E-state index contributed by atoms with van der Waals surface area (Å²) in [7, 11) is 2.97. The highest BCUT2D eigenvalue weighted by Gasteiger charge is 2.38. The van der Waals surface area contributed by atoms with E-state index in [1.54, 1.807) is 57.2 Å². The van der Waals surface area contributed by atoms with Gasteiger partial charge in [0.1, 0.15) is 29.9 Å². The van der Waals surface area contributed by atoms with Crippen molar-refractivity contribution >= 4 is 12.1 Å². The van der Waals surface area contributed by atoms with Crippen molar-refractivity contribution in [2.45, 2.75) is 51.7 Å². The normalized spacial score (nSPS) is 12.9. The van der Waals surface area contributed by atoms with E-state index in [4.69, 9.17) is 23.7 Å². The number of methoxy groups -OCH3 is 2. The predicted molar refractivity (Wildman–Crippen MR) is 134 cm³/mol. The number of aromatic hydroxyl groups is 1. The quantitative estimate of drug-likeness (QED) is 0.334. The lowest BCUT2D eigenvalue weighted by molar-refractivity contribution is -0.152. The molecular formula is C27H37NO8. The molecule has 36 heavy (non-hydrogen) atoms.